The predicted molar refractivity (Wildman–Crippen MR) is 65.2 cm³/mol. The number of amides is 1. The molecule has 1 aromatic rings. The van der Waals surface area contributed by atoms with Crippen LogP contribution in [-0.2, 0) is 9.53 Å². The number of methoxy groups -OCH3 is 1. The summed E-state index contributed by atoms with van der Waals surface area (Å²) >= 11 is 1.57. The SMILES string of the molecule is COCCN1C(=O)CSC1c1ccc(F)cc1. The molecule has 1 aliphatic rings. The summed E-state index contributed by atoms with van der Waals surface area (Å²) < 4.78 is 17.8. The molecule has 92 valence electrons. The number of thioether (sulfide) groups is 1. The smallest absolute Gasteiger partial charge is 0.233 e. The van der Waals surface area contributed by atoms with E-state index in [1.165, 1.54) is 12.1 Å². The van der Waals surface area contributed by atoms with Gasteiger partial charge in [0.1, 0.15) is 11.2 Å². The zero-order valence-corrected chi connectivity index (χ0v) is 10.4. The van der Waals surface area contributed by atoms with Crippen LogP contribution in [-0.4, -0.2) is 36.8 Å². The van der Waals surface area contributed by atoms with Crippen LogP contribution in [0.4, 0.5) is 4.39 Å². The lowest BCUT2D eigenvalue weighted by Crippen LogP contribution is -2.31. The Balaban J connectivity index is 2.13. The summed E-state index contributed by atoms with van der Waals surface area (Å²) in [6, 6.07) is 6.30. The molecule has 2 rings (SSSR count). The van der Waals surface area contributed by atoms with Crippen molar-refractivity contribution >= 4 is 17.7 Å². The number of nitrogens with zero attached hydrogens (tertiary/aromatic N) is 1. The number of carbonyl (C=O) groups is 1. The second kappa shape index (κ2) is 5.51. The van der Waals surface area contributed by atoms with E-state index in [0.29, 0.717) is 18.9 Å². The summed E-state index contributed by atoms with van der Waals surface area (Å²) in [5.41, 5.74) is 0.957. The molecule has 1 aliphatic heterocycles. The van der Waals surface area contributed by atoms with E-state index in [2.05, 4.69) is 0 Å². The Morgan fingerprint density at radius 1 is 1.47 bits per heavy atom. The lowest BCUT2D eigenvalue weighted by atomic mass is 10.2. The van der Waals surface area contributed by atoms with E-state index >= 15 is 0 Å². The Morgan fingerprint density at radius 3 is 2.82 bits per heavy atom. The van der Waals surface area contributed by atoms with Crippen LogP contribution >= 0.6 is 11.8 Å². The molecule has 17 heavy (non-hydrogen) atoms. The van der Waals surface area contributed by atoms with Gasteiger partial charge in [0.05, 0.1) is 12.4 Å². The Morgan fingerprint density at radius 2 is 2.18 bits per heavy atom. The van der Waals surface area contributed by atoms with Gasteiger partial charge >= 0.3 is 0 Å². The number of benzene rings is 1. The molecule has 1 unspecified atom stereocenters. The number of rotatable bonds is 4. The van der Waals surface area contributed by atoms with Crippen molar-refractivity contribution in [1.29, 1.82) is 0 Å². The van der Waals surface area contributed by atoms with Crippen molar-refractivity contribution in [2.24, 2.45) is 0 Å². The predicted octanol–water partition coefficient (Wildman–Crippen LogP) is 2.05. The van der Waals surface area contributed by atoms with E-state index in [1.807, 2.05) is 0 Å². The van der Waals surface area contributed by atoms with Crippen LogP contribution < -0.4 is 0 Å². The Bertz CT molecular complexity index is 396. The average molecular weight is 255 g/mol. The minimum atomic E-state index is -0.258. The first-order valence-electron chi connectivity index (χ1n) is 5.38. The van der Waals surface area contributed by atoms with Crippen LogP contribution in [0.25, 0.3) is 0 Å². The van der Waals surface area contributed by atoms with Crippen molar-refractivity contribution in [1.82, 2.24) is 4.90 Å². The van der Waals surface area contributed by atoms with Gasteiger partial charge in [-0.25, -0.2) is 4.39 Å². The molecule has 3 nitrogen and oxygen atoms in total. The van der Waals surface area contributed by atoms with Crippen molar-refractivity contribution in [2.45, 2.75) is 5.37 Å². The third-order valence-electron chi connectivity index (χ3n) is 2.66. The van der Waals surface area contributed by atoms with E-state index in [-0.39, 0.29) is 17.1 Å². The second-order valence-electron chi connectivity index (χ2n) is 3.79. The van der Waals surface area contributed by atoms with E-state index in [0.717, 1.165) is 5.56 Å². The van der Waals surface area contributed by atoms with Crippen LogP contribution in [0.3, 0.4) is 0 Å². The quantitative estimate of drug-likeness (QED) is 0.824. The number of hydrogen-bond donors (Lipinski definition) is 0. The Hall–Kier alpha value is -1.07. The molecule has 1 fully saturated rings. The summed E-state index contributed by atoms with van der Waals surface area (Å²) in [5, 5.41) is -0.0155. The molecule has 0 spiro atoms. The molecule has 1 atom stereocenters. The van der Waals surface area contributed by atoms with Crippen LogP contribution in [0.15, 0.2) is 24.3 Å². The van der Waals surface area contributed by atoms with Crippen molar-refractivity contribution in [3.05, 3.63) is 35.6 Å². The number of hydrogen-bond acceptors (Lipinski definition) is 3. The maximum Gasteiger partial charge on any atom is 0.233 e. The minimum Gasteiger partial charge on any atom is -0.383 e. The zero-order chi connectivity index (χ0) is 12.3. The lowest BCUT2D eigenvalue weighted by Gasteiger charge is -2.23. The first kappa shape index (κ1) is 12.4. The first-order valence-corrected chi connectivity index (χ1v) is 6.42. The number of carbonyl (C=O) groups excluding carboxylic acids is 1. The molecule has 0 aromatic heterocycles. The van der Waals surface area contributed by atoms with Gasteiger partial charge in [-0.05, 0) is 17.7 Å². The summed E-state index contributed by atoms with van der Waals surface area (Å²) in [6.07, 6.45) is 0. The normalized spacial score (nSPS) is 20.0. The average Bonchev–Trinajstić information content (AvgIpc) is 2.69. The van der Waals surface area contributed by atoms with Gasteiger partial charge in [-0.1, -0.05) is 12.1 Å². The lowest BCUT2D eigenvalue weighted by molar-refractivity contribution is -0.128. The fourth-order valence-electron chi connectivity index (χ4n) is 1.79. The number of halogens is 1. The van der Waals surface area contributed by atoms with Gasteiger partial charge in [0.2, 0.25) is 5.91 Å². The maximum absolute atomic E-state index is 12.8. The third-order valence-corrected chi connectivity index (χ3v) is 3.92. The standard InChI is InChI=1S/C12H14FNO2S/c1-16-7-6-14-11(15)8-17-12(14)9-2-4-10(13)5-3-9/h2-5,12H,6-8H2,1H3. The van der Waals surface area contributed by atoms with E-state index in [1.54, 1.807) is 35.9 Å². The van der Waals surface area contributed by atoms with E-state index in [4.69, 9.17) is 4.74 Å². The summed E-state index contributed by atoms with van der Waals surface area (Å²) in [4.78, 5) is 13.5. The highest BCUT2D eigenvalue weighted by atomic mass is 32.2. The van der Waals surface area contributed by atoms with Crippen LogP contribution in [0.1, 0.15) is 10.9 Å². The molecule has 0 radical (unpaired) electrons. The van der Waals surface area contributed by atoms with E-state index < -0.39 is 0 Å². The molecular formula is C12H14FNO2S. The van der Waals surface area contributed by atoms with Crippen LogP contribution in [0.2, 0.25) is 0 Å². The molecule has 0 N–H and O–H groups in total. The largest absolute Gasteiger partial charge is 0.383 e. The topological polar surface area (TPSA) is 29.5 Å². The van der Waals surface area contributed by atoms with Gasteiger partial charge in [0, 0.05) is 13.7 Å². The molecular weight excluding hydrogens is 241 g/mol. The van der Waals surface area contributed by atoms with Gasteiger partial charge < -0.3 is 9.64 Å². The fraction of sp³-hybridized carbons (Fsp3) is 0.417. The summed E-state index contributed by atoms with van der Waals surface area (Å²) in [6.45, 7) is 1.09. The highest BCUT2D eigenvalue weighted by Crippen LogP contribution is 2.38. The molecule has 1 aromatic carbocycles. The molecule has 5 heteroatoms. The first-order chi connectivity index (χ1) is 8.22. The van der Waals surface area contributed by atoms with Gasteiger partial charge in [-0.3, -0.25) is 4.79 Å². The highest BCUT2D eigenvalue weighted by molar-refractivity contribution is 8.00. The maximum atomic E-state index is 12.8. The van der Waals surface area contributed by atoms with Crippen molar-refractivity contribution in [2.75, 3.05) is 26.0 Å². The van der Waals surface area contributed by atoms with Gasteiger partial charge in [-0.15, -0.1) is 11.8 Å². The van der Waals surface area contributed by atoms with Gasteiger partial charge in [0.25, 0.3) is 0 Å². The monoisotopic (exact) mass is 255 g/mol. The van der Waals surface area contributed by atoms with Crippen LogP contribution in [0.5, 0.6) is 0 Å². The molecule has 0 bridgehead atoms. The second-order valence-corrected chi connectivity index (χ2v) is 4.86. The Kier molecular flexibility index (Phi) is 4.02. The van der Waals surface area contributed by atoms with E-state index in [9.17, 15) is 9.18 Å². The highest BCUT2D eigenvalue weighted by Gasteiger charge is 2.32. The minimum absolute atomic E-state index is 0.0155. The van der Waals surface area contributed by atoms with Crippen molar-refractivity contribution < 1.29 is 13.9 Å². The fourth-order valence-corrected chi connectivity index (χ4v) is 3.01. The zero-order valence-electron chi connectivity index (χ0n) is 9.56. The van der Waals surface area contributed by atoms with Crippen molar-refractivity contribution in [3.8, 4) is 0 Å². The van der Waals surface area contributed by atoms with Crippen LogP contribution in [0, 0.1) is 5.82 Å². The summed E-state index contributed by atoms with van der Waals surface area (Å²) in [7, 11) is 1.61. The Labute approximate surface area is 104 Å². The molecule has 1 amide bonds. The van der Waals surface area contributed by atoms with Gasteiger partial charge in [0.15, 0.2) is 0 Å². The molecule has 0 saturated carbocycles. The molecule has 1 heterocycles. The molecule has 0 aliphatic carbocycles. The summed E-state index contributed by atoms with van der Waals surface area (Å²) in [5.74, 6) is 0.332. The third kappa shape index (κ3) is 2.79. The number of ether oxygens (including phenoxy) is 1. The van der Waals surface area contributed by atoms with Gasteiger partial charge in [-0.2, -0.15) is 0 Å². The van der Waals surface area contributed by atoms with Crippen molar-refractivity contribution in [3.63, 3.8) is 0 Å². The molecule has 1 saturated heterocycles.